The molecule has 1 saturated heterocycles. The van der Waals surface area contributed by atoms with E-state index in [0.717, 1.165) is 36.0 Å². The molecule has 28 heavy (non-hydrogen) atoms. The van der Waals surface area contributed by atoms with Crippen molar-refractivity contribution in [2.45, 2.75) is 52.1 Å². The van der Waals surface area contributed by atoms with Crippen LogP contribution in [0.15, 0.2) is 29.6 Å². The molecule has 1 aromatic heterocycles. The zero-order chi connectivity index (χ0) is 19.6. The van der Waals surface area contributed by atoms with Crippen molar-refractivity contribution >= 4 is 17.2 Å². The zero-order valence-corrected chi connectivity index (χ0v) is 17.6. The summed E-state index contributed by atoms with van der Waals surface area (Å²) in [4.78, 5) is 19.2. The number of nitrogens with one attached hydrogen (secondary N) is 1. The molecule has 6 heteroatoms. The summed E-state index contributed by atoms with van der Waals surface area (Å²) in [6.07, 6.45) is 6.69. The van der Waals surface area contributed by atoms with E-state index in [1.165, 1.54) is 44.3 Å². The van der Waals surface area contributed by atoms with Crippen LogP contribution in [0.2, 0.25) is 0 Å². The molecule has 0 radical (unpaired) electrons. The lowest BCUT2D eigenvalue weighted by molar-refractivity contribution is -0.120. The van der Waals surface area contributed by atoms with Gasteiger partial charge in [-0.2, -0.15) is 0 Å². The highest BCUT2D eigenvalue weighted by Gasteiger charge is 2.10. The third-order valence-electron chi connectivity index (χ3n) is 5.00. The quantitative estimate of drug-likeness (QED) is 0.646. The molecule has 152 valence electrons. The van der Waals surface area contributed by atoms with E-state index in [1.807, 2.05) is 29.6 Å². The first-order valence-corrected chi connectivity index (χ1v) is 11.2. The Balaban J connectivity index is 1.32. The summed E-state index contributed by atoms with van der Waals surface area (Å²) in [6, 6.07) is 7.98. The van der Waals surface area contributed by atoms with Gasteiger partial charge in [-0.05, 0) is 58.0 Å². The van der Waals surface area contributed by atoms with Crippen LogP contribution >= 0.6 is 11.3 Å². The lowest BCUT2D eigenvalue weighted by Crippen LogP contribution is -2.31. The Morgan fingerprint density at radius 3 is 2.68 bits per heavy atom. The first kappa shape index (κ1) is 20.8. The predicted molar refractivity (Wildman–Crippen MR) is 114 cm³/mol. The van der Waals surface area contributed by atoms with Crippen LogP contribution in [0.4, 0.5) is 0 Å². The summed E-state index contributed by atoms with van der Waals surface area (Å²) < 4.78 is 5.75. The van der Waals surface area contributed by atoms with Crippen LogP contribution in [-0.4, -0.2) is 42.0 Å². The van der Waals surface area contributed by atoms with E-state index in [4.69, 9.17) is 4.74 Å². The predicted octanol–water partition coefficient (Wildman–Crippen LogP) is 3.96. The first-order chi connectivity index (χ1) is 13.7. The molecule has 1 fully saturated rings. The summed E-state index contributed by atoms with van der Waals surface area (Å²) in [5.74, 6) is 0.886. The summed E-state index contributed by atoms with van der Waals surface area (Å²) in [7, 11) is 0. The van der Waals surface area contributed by atoms with E-state index >= 15 is 0 Å². The molecular weight excluding hydrogens is 370 g/mol. The van der Waals surface area contributed by atoms with Gasteiger partial charge in [-0.15, -0.1) is 11.3 Å². The average molecular weight is 402 g/mol. The van der Waals surface area contributed by atoms with Crippen molar-refractivity contribution in [2.75, 3.05) is 26.2 Å². The van der Waals surface area contributed by atoms with Crippen LogP contribution in [0.3, 0.4) is 0 Å². The van der Waals surface area contributed by atoms with Crippen LogP contribution in [0.1, 0.15) is 48.4 Å². The van der Waals surface area contributed by atoms with Gasteiger partial charge < -0.3 is 15.0 Å². The molecule has 0 spiro atoms. The second-order valence-electron chi connectivity index (χ2n) is 7.47. The smallest absolute Gasteiger partial charge is 0.226 e. The van der Waals surface area contributed by atoms with Crippen molar-refractivity contribution < 1.29 is 9.53 Å². The van der Waals surface area contributed by atoms with Gasteiger partial charge in [0.15, 0.2) is 0 Å². The molecule has 1 aliphatic rings. The molecular formula is C22H31N3O2S. The van der Waals surface area contributed by atoms with E-state index in [-0.39, 0.29) is 5.91 Å². The fraction of sp³-hybridized carbons (Fsp3) is 0.545. The molecule has 0 atom stereocenters. The standard InChI is InChI=1S/C22H31N3O2S/c1-18-7-9-20(10-8-18)27-16-22-24-19(17-28-22)15-21(26)23-11-6-14-25-12-4-2-3-5-13-25/h7-10,17H,2-6,11-16H2,1H3,(H,23,26). The highest BCUT2D eigenvalue weighted by Crippen LogP contribution is 2.16. The second-order valence-corrected chi connectivity index (χ2v) is 8.41. The Morgan fingerprint density at radius 2 is 1.93 bits per heavy atom. The van der Waals surface area contributed by atoms with Gasteiger partial charge >= 0.3 is 0 Å². The molecule has 1 aliphatic heterocycles. The van der Waals surface area contributed by atoms with Crippen LogP contribution in [-0.2, 0) is 17.8 Å². The number of hydrogen-bond donors (Lipinski definition) is 1. The Hall–Kier alpha value is -1.92. The maximum Gasteiger partial charge on any atom is 0.226 e. The van der Waals surface area contributed by atoms with Crippen LogP contribution in [0.25, 0.3) is 0 Å². The molecule has 2 aromatic rings. The van der Waals surface area contributed by atoms with E-state index in [1.54, 1.807) is 11.3 Å². The number of aromatic nitrogens is 1. The SMILES string of the molecule is Cc1ccc(OCc2nc(CC(=O)NCCCN3CCCCCC3)cs2)cc1. The van der Waals surface area contributed by atoms with Gasteiger partial charge in [-0.1, -0.05) is 30.5 Å². The fourth-order valence-electron chi connectivity index (χ4n) is 3.39. The lowest BCUT2D eigenvalue weighted by Gasteiger charge is -2.19. The van der Waals surface area contributed by atoms with Crippen molar-refractivity contribution in [3.8, 4) is 5.75 Å². The van der Waals surface area contributed by atoms with Crippen molar-refractivity contribution in [2.24, 2.45) is 0 Å². The maximum absolute atomic E-state index is 12.1. The largest absolute Gasteiger partial charge is 0.486 e. The normalized spacial score (nSPS) is 15.2. The average Bonchev–Trinajstić information content (AvgIpc) is 2.97. The van der Waals surface area contributed by atoms with Crippen molar-refractivity contribution in [3.63, 3.8) is 0 Å². The minimum atomic E-state index is 0.0483. The first-order valence-electron chi connectivity index (χ1n) is 10.3. The number of carbonyl (C=O) groups excluding carboxylic acids is 1. The van der Waals surface area contributed by atoms with E-state index in [2.05, 4.69) is 22.1 Å². The fourth-order valence-corrected chi connectivity index (χ4v) is 4.10. The highest BCUT2D eigenvalue weighted by molar-refractivity contribution is 7.09. The molecule has 1 aromatic carbocycles. The molecule has 0 bridgehead atoms. The number of likely N-dealkylation sites (tertiary alicyclic amines) is 1. The monoisotopic (exact) mass is 401 g/mol. The maximum atomic E-state index is 12.1. The molecule has 1 amide bonds. The second kappa shape index (κ2) is 11.2. The molecule has 5 nitrogen and oxygen atoms in total. The van der Waals surface area contributed by atoms with Crippen molar-refractivity contribution in [1.29, 1.82) is 0 Å². The zero-order valence-electron chi connectivity index (χ0n) is 16.8. The number of thiazole rings is 1. The number of hydrogen-bond acceptors (Lipinski definition) is 5. The van der Waals surface area contributed by atoms with Gasteiger partial charge in [-0.3, -0.25) is 4.79 Å². The number of carbonyl (C=O) groups is 1. The Bertz CT molecular complexity index is 722. The lowest BCUT2D eigenvalue weighted by atomic mass is 10.2. The van der Waals surface area contributed by atoms with E-state index in [9.17, 15) is 4.79 Å². The van der Waals surface area contributed by atoms with Gasteiger partial charge in [-0.25, -0.2) is 4.98 Å². The third kappa shape index (κ3) is 7.24. The number of aryl methyl sites for hydroxylation is 1. The van der Waals surface area contributed by atoms with Gasteiger partial charge in [0.25, 0.3) is 0 Å². The Kier molecular flexibility index (Phi) is 8.30. The van der Waals surface area contributed by atoms with Crippen LogP contribution in [0.5, 0.6) is 5.75 Å². The Morgan fingerprint density at radius 1 is 1.18 bits per heavy atom. The Labute approximate surface area is 172 Å². The summed E-state index contributed by atoms with van der Waals surface area (Å²) in [5.41, 5.74) is 2.03. The number of rotatable bonds is 9. The van der Waals surface area contributed by atoms with Crippen LogP contribution in [0, 0.1) is 6.92 Å². The van der Waals surface area contributed by atoms with Crippen molar-refractivity contribution in [1.82, 2.24) is 15.2 Å². The molecule has 1 N–H and O–H groups in total. The number of ether oxygens (including phenoxy) is 1. The molecule has 2 heterocycles. The van der Waals surface area contributed by atoms with E-state index < -0.39 is 0 Å². The summed E-state index contributed by atoms with van der Waals surface area (Å²) in [5, 5.41) is 5.87. The van der Waals surface area contributed by atoms with Crippen molar-refractivity contribution in [3.05, 3.63) is 45.9 Å². The molecule has 0 unspecified atom stereocenters. The molecule has 0 saturated carbocycles. The topological polar surface area (TPSA) is 54.5 Å². The summed E-state index contributed by atoms with van der Waals surface area (Å²) in [6.45, 7) is 6.72. The third-order valence-corrected chi connectivity index (χ3v) is 5.87. The van der Waals surface area contributed by atoms with Gasteiger partial charge in [0.2, 0.25) is 5.91 Å². The van der Waals surface area contributed by atoms with E-state index in [0.29, 0.717) is 13.0 Å². The van der Waals surface area contributed by atoms with Gasteiger partial charge in [0.05, 0.1) is 12.1 Å². The number of nitrogens with zero attached hydrogens (tertiary/aromatic N) is 2. The van der Waals surface area contributed by atoms with Gasteiger partial charge in [0, 0.05) is 11.9 Å². The minimum Gasteiger partial charge on any atom is -0.486 e. The number of amides is 1. The minimum absolute atomic E-state index is 0.0483. The molecule has 3 rings (SSSR count). The number of benzene rings is 1. The highest BCUT2D eigenvalue weighted by atomic mass is 32.1. The van der Waals surface area contributed by atoms with Gasteiger partial charge in [0.1, 0.15) is 17.4 Å². The molecule has 0 aliphatic carbocycles. The van der Waals surface area contributed by atoms with Crippen LogP contribution < -0.4 is 10.1 Å². The summed E-state index contributed by atoms with van der Waals surface area (Å²) >= 11 is 1.54.